The average molecular weight is 526 g/mol. The summed E-state index contributed by atoms with van der Waals surface area (Å²) in [5.74, 6) is 1.74. The number of hydrogen-bond donors (Lipinski definition) is 2. The molecule has 0 aliphatic carbocycles. The second-order valence-electron chi connectivity index (χ2n) is 6.46. The lowest BCUT2D eigenvalue weighted by atomic mass is 10.0. The number of halogens is 2. The van der Waals surface area contributed by atoms with Crippen LogP contribution in [-0.4, -0.2) is 18.1 Å². The number of thiophene rings is 1. The number of fused-ring (bicyclic) bond motifs is 2. The zero-order valence-electron chi connectivity index (χ0n) is 15.6. The number of rotatable bonds is 4. The van der Waals surface area contributed by atoms with Crippen LogP contribution in [0.5, 0.6) is 5.75 Å². The number of ether oxygens (including phenoxy) is 1. The number of H-pyrrole nitrogens is 1. The SMILES string of the molecule is C=C1CCOc2c(Br)cc(Br)cc21.CCCCNc1cc(=O)c2sccc2[nH]1. The molecule has 2 aromatic heterocycles. The third-order valence-corrected chi connectivity index (χ3v) is 6.29. The van der Waals surface area contributed by atoms with E-state index in [-0.39, 0.29) is 5.43 Å². The maximum atomic E-state index is 11.6. The highest BCUT2D eigenvalue weighted by Gasteiger charge is 2.17. The molecule has 0 bridgehead atoms. The highest BCUT2D eigenvalue weighted by Crippen LogP contribution is 2.39. The van der Waals surface area contributed by atoms with Gasteiger partial charge >= 0.3 is 0 Å². The first-order valence-electron chi connectivity index (χ1n) is 9.14. The minimum absolute atomic E-state index is 0.0951. The first-order chi connectivity index (χ1) is 13.5. The molecule has 0 fully saturated rings. The van der Waals surface area contributed by atoms with Crippen molar-refractivity contribution in [2.45, 2.75) is 26.2 Å². The number of aromatic amines is 1. The molecule has 148 valence electrons. The summed E-state index contributed by atoms with van der Waals surface area (Å²) in [6.07, 6.45) is 3.18. The Morgan fingerprint density at radius 3 is 2.93 bits per heavy atom. The quantitative estimate of drug-likeness (QED) is 0.368. The van der Waals surface area contributed by atoms with Crippen molar-refractivity contribution in [3.63, 3.8) is 0 Å². The van der Waals surface area contributed by atoms with Crippen LogP contribution in [0.3, 0.4) is 0 Å². The van der Waals surface area contributed by atoms with Gasteiger partial charge in [-0.15, -0.1) is 11.3 Å². The molecule has 0 radical (unpaired) electrons. The first kappa shape index (κ1) is 21.1. The smallest absolute Gasteiger partial charge is 0.201 e. The molecule has 3 heterocycles. The minimum Gasteiger partial charge on any atom is -0.491 e. The van der Waals surface area contributed by atoms with E-state index in [0.29, 0.717) is 0 Å². The summed E-state index contributed by atoms with van der Waals surface area (Å²) in [4.78, 5) is 14.8. The summed E-state index contributed by atoms with van der Waals surface area (Å²) >= 11 is 8.39. The van der Waals surface area contributed by atoms with E-state index in [1.807, 2.05) is 23.6 Å². The number of hydrogen-bond acceptors (Lipinski definition) is 4. The standard InChI is InChI=1S/C11H14N2OS.C10H8Br2O/c1-2-3-5-12-10-7-9(14)11-8(13-10)4-6-15-11;1-6-2-3-13-10-8(6)4-7(11)5-9(10)12/h4,6-7H,2-3,5H2,1H3,(H2,12,13,14);4-5H,1-3H2. The Hall–Kier alpha value is -1.57. The van der Waals surface area contributed by atoms with E-state index < -0.39 is 0 Å². The van der Waals surface area contributed by atoms with E-state index in [0.717, 1.165) is 74.3 Å². The van der Waals surface area contributed by atoms with Gasteiger partial charge in [0.05, 0.1) is 21.3 Å². The van der Waals surface area contributed by atoms with Crippen LogP contribution in [0.2, 0.25) is 0 Å². The van der Waals surface area contributed by atoms with Crippen LogP contribution < -0.4 is 15.5 Å². The Kier molecular flexibility index (Phi) is 7.37. The van der Waals surface area contributed by atoms with Crippen molar-refractivity contribution in [3.05, 3.63) is 61.0 Å². The Balaban J connectivity index is 0.000000162. The number of anilines is 1. The maximum absolute atomic E-state index is 11.6. The molecule has 2 N–H and O–H groups in total. The number of unbranched alkanes of at least 4 members (excludes halogenated alkanes) is 1. The molecule has 4 rings (SSSR count). The molecule has 0 amide bonds. The molecule has 1 aromatic carbocycles. The molecule has 0 saturated carbocycles. The van der Waals surface area contributed by atoms with Crippen LogP contribution >= 0.6 is 43.2 Å². The molecule has 0 saturated heterocycles. The maximum Gasteiger partial charge on any atom is 0.201 e. The lowest BCUT2D eigenvalue weighted by Crippen LogP contribution is -2.07. The van der Waals surface area contributed by atoms with Gasteiger partial charge in [-0.05, 0) is 51.5 Å². The zero-order chi connectivity index (χ0) is 20.1. The van der Waals surface area contributed by atoms with Gasteiger partial charge in [0.1, 0.15) is 11.6 Å². The average Bonchev–Trinajstić information content (AvgIpc) is 3.13. The van der Waals surface area contributed by atoms with Gasteiger partial charge in [0.15, 0.2) is 0 Å². The van der Waals surface area contributed by atoms with Crippen molar-refractivity contribution >= 4 is 64.8 Å². The number of aromatic nitrogens is 1. The van der Waals surface area contributed by atoms with Crippen LogP contribution in [0, 0.1) is 0 Å². The molecule has 3 aromatic rings. The Morgan fingerprint density at radius 1 is 1.32 bits per heavy atom. The van der Waals surface area contributed by atoms with Gasteiger partial charge in [0, 0.05) is 29.1 Å². The minimum atomic E-state index is 0.0951. The molecular formula is C21H22Br2N2O2S. The van der Waals surface area contributed by atoms with Gasteiger partial charge in [-0.25, -0.2) is 0 Å². The van der Waals surface area contributed by atoms with Crippen molar-refractivity contribution in [2.75, 3.05) is 18.5 Å². The molecule has 28 heavy (non-hydrogen) atoms. The summed E-state index contributed by atoms with van der Waals surface area (Å²) < 4.78 is 8.38. The molecule has 0 atom stereocenters. The molecule has 1 aliphatic heterocycles. The first-order valence-corrected chi connectivity index (χ1v) is 11.6. The monoisotopic (exact) mass is 524 g/mol. The van der Waals surface area contributed by atoms with Gasteiger partial charge in [-0.2, -0.15) is 0 Å². The fraction of sp³-hybridized carbons (Fsp3) is 0.286. The van der Waals surface area contributed by atoms with Crippen LogP contribution in [0.25, 0.3) is 15.8 Å². The molecule has 4 nitrogen and oxygen atoms in total. The topological polar surface area (TPSA) is 54.1 Å². The lowest BCUT2D eigenvalue weighted by molar-refractivity contribution is 0.314. The van der Waals surface area contributed by atoms with Crippen LogP contribution in [0.15, 0.2) is 50.0 Å². The van der Waals surface area contributed by atoms with Crippen LogP contribution in [0.4, 0.5) is 5.82 Å². The summed E-state index contributed by atoms with van der Waals surface area (Å²) in [5.41, 5.74) is 3.26. The van der Waals surface area contributed by atoms with Crippen molar-refractivity contribution in [1.29, 1.82) is 0 Å². The van der Waals surface area contributed by atoms with Gasteiger partial charge in [-0.1, -0.05) is 35.9 Å². The number of pyridine rings is 1. The van der Waals surface area contributed by atoms with E-state index in [1.165, 1.54) is 11.3 Å². The Labute approximate surface area is 185 Å². The lowest BCUT2D eigenvalue weighted by Gasteiger charge is -2.20. The Morgan fingerprint density at radius 2 is 2.14 bits per heavy atom. The van der Waals surface area contributed by atoms with Crippen molar-refractivity contribution in [3.8, 4) is 5.75 Å². The highest BCUT2D eigenvalue weighted by molar-refractivity contribution is 9.11. The third kappa shape index (κ3) is 5.07. The summed E-state index contributed by atoms with van der Waals surface area (Å²) in [7, 11) is 0. The van der Waals surface area contributed by atoms with Gasteiger partial charge in [0.25, 0.3) is 0 Å². The molecule has 0 unspecified atom stereocenters. The third-order valence-electron chi connectivity index (χ3n) is 4.32. The van der Waals surface area contributed by atoms with Gasteiger partial charge < -0.3 is 15.0 Å². The van der Waals surface area contributed by atoms with Crippen molar-refractivity contribution < 1.29 is 4.74 Å². The van der Waals surface area contributed by atoms with Crippen LogP contribution in [0.1, 0.15) is 31.7 Å². The van der Waals surface area contributed by atoms with Gasteiger partial charge in [0.2, 0.25) is 5.43 Å². The zero-order valence-corrected chi connectivity index (χ0v) is 19.6. The van der Waals surface area contributed by atoms with Crippen molar-refractivity contribution in [1.82, 2.24) is 4.98 Å². The number of benzene rings is 1. The largest absolute Gasteiger partial charge is 0.491 e. The van der Waals surface area contributed by atoms with E-state index in [9.17, 15) is 4.79 Å². The Bertz CT molecular complexity index is 1040. The fourth-order valence-electron chi connectivity index (χ4n) is 2.85. The summed E-state index contributed by atoms with van der Waals surface area (Å²) in [6.45, 7) is 7.79. The summed E-state index contributed by atoms with van der Waals surface area (Å²) in [6, 6.07) is 7.60. The molecule has 0 spiro atoms. The highest BCUT2D eigenvalue weighted by atomic mass is 79.9. The van der Waals surface area contributed by atoms with E-state index in [2.05, 4.69) is 55.7 Å². The second kappa shape index (κ2) is 9.76. The molecular weight excluding hydrogens is 504 g/mol. The summed E-state index contributed by atoms with van der Waals surface area (Å²) in [5, 5.41) is 5.15. The van der Waals surface area contributed by atoms with Gasteiger partial charge in [-0.3, -0.25) is 4.79 Å². The predicted molar refractivity (Wildman–Crippen MR) is 127 cm³/mol. The predicted octanol–water partition coefficient (Wildman–Crippen LogP) is 6.81. The normalized spacial score (nSPS) is 12.8. The molecule has 7 heteroatoms. The van der Waals surface area contributed by atoms with E-state index in [4.69, 9.17) is 4.74 Å². The number of nitrogens with one attached hydrogen (secondary N) is 2. The molecule has 1 aliphatic rings. The second-order valence-corrected chi connectivity index (χ2v) is 9.14. The van der Waals surface area contributed by atoms with E-state index in [1.54, 1.807) is 6.07 Å². The van der Waals surface area contributed by atoms with Crippen LogP contribution in [-0.2, 0) is 0 Å². The van der Waals surface area contributed by atoms with Crippen molar-refractivity contribution in [2.24, 2.45) is 0 Å². The van der Waals surface area contributed by atoms with E-state index >= 15 is 0 Å². The fourth-order valence-corrected chi connectivity index (χ4v) is 4.95.